The molecule has 1 heterocycles. The topological polar surface area (TPSA) is 112 Å². The molecule has 0 bridgehead atoms. The molecule has 0 saturated heterocycles. The first-order chi connectivity index (χ1) is 12.0. The van der Waals surface area contributed by atoms with Crippen LogP contribution >= 0.6 is 0 Å². The van der Waals surface area contributed by atoms with Crippen molar-refractivity contribution in [2.45, 2.75) is 6.92 Å². The van der Waals surface area contributed by atoms with Crippen LogP contribution in [0.2, 0.25) is 0 Å². The summed E-state index contributed by atoms with van der Waals surface area (Å²) in [6, 6.07) is 3.38. The predicted octanol–water partition coefficient (Wildman–Crippen LogP) is 0.190. The van der Waals surface area contributed by atoms with Gasteiger partial charge in [0, 0.05) is 13.0 Å². The molecule has 0 unspecified atom stereocenters. The van der Waals surface area contributed by atoms with Gasteiger partial charge in [-0.3, -0.25) is 20.4 Å². The molecule has 0 radical (unpaired) electrons. The Labute approximate surface area is 143 Å². The maximum Gasteiger partial charge on any atom is 0.331 e. The van der Waals surface area contributed by atoms with Crippen molar-refractivity contribution in [3.05, 3.63) is 23.8 Å². The predicted molar refractivity (Wildman–Crippen MR) is 85.9 cm³/mol. The number of hydrazine groups is 1. The molecule has 1 aromatic carbocycles. The highest BCUT2D eigenvalue weighted by Gasteiger charge is 2.17. The largest absolute Gasteiger partial charge is 0.493 e. The van der Waals surface area contributed by atoms with E-state index in [0.29, 0.717) is 36.0 Å². The van der Waals surface area contributed by atoms with Gasteiger partial charge < -0.3 is 18.9 Å². The number of hydrogen-bond donors (Lipinski definition) is 2. The van der Waals surface area contributed by atoms with Gasteiger partial charge in [-0.25, -0.2) is 4.79 Å². The average Bonchev–Trinajstić information content (AvgIpc) is 2.62. The number of ether oxygens (including phenoxy) is 4. The average molecular weight is 350 g/mol. The zero-order chi connectivity index (χ0) is 18.2. The lowest BCUT2D eigenvalue weighted by Crippen LogP contribution is -2.42. The smallest absolute Gasteiger partial charge is 0.331 e. The molecule has 2 amide bonds. The molecule has 25 heavy (non-hydrogen) atoms. The van der Waals surface area contributed by atoms with E-state index in [1.165, 1.54) is 20.1 Å². The third-order valence-electron chi connectivity index (χ3n) is 2.99. The summed E-state index contributed by atoms with van der Waals surface area (Å²) in [6.45, 7) is 1.57. The first-order valence-corrected chi connectivity index (χ1v) is 7.37. The zero-order valence-electron chi connectivity index (χ0n) is 13.8. The molecule has 0 aromatic heterocycles. The Morgan fingerprint density at radius 2 is 1.96 bits per heavy atom. The molecular formula is C16H18N2O7. The summed E-state index contributed by atoms with van der Waals surface area (Å²) in [4.78, 5) is 33.6. The SMILES string of the molecule is COc1cc(/C=C/C(=O)OCC(=O)NNC(C)=O)cc2c1OCCO2. The van der Waals surface area contributed by atoms with Crippen molar-refractivity contribution in [3.63, 3.8) is 0 Å². The van der Waals surface area contributed by atoms with Gasteiger partial charge in [0.25, 0.3) is 5.91 Å². The van der Waals surface area contributed by atoms with E-state index >= 15 is 0 Å². The summed E-state index contributed by atoms with van der Waals surface area (Å²) in [7, 11) is 1.50. The van der Waals surface area contributed by atoms with Crippen LogP contribution in [-0.2, 0) is 19.1 Å². The van der Waals surface area contributed by atoms with Crippen LogP contribution in [0.1, 0.15) is 12.5 Å². The number of fused-ring (bicyclic) bond motifs is 1. The summed E-state index contributed by atoms with van der Waals surface area (Å²) < 4.78 is 21.0. The van der Waals surface area contributed by atoms with Crippen molar-refractivity contribution in [1.29, 1.82) is 0 Å². The van der Waals surface area contributed by atoms with E-state index < -0.39 is 24.4 Å². The molecule has 1 aliphatic rings. The monoisotopic (exact) mass is 350 g/mol. The molecule has 0 aliphatic carbocycles. The third-order valence-corrected chi connectivity index (χ3v) is 2.99. The number of benzene rings is 1. The number of esters is 1. The number of carbonyl (C=O) groups excluding carboxylic acids is 3. The maximum absolute atomic E-state index is 11.6. The molecule has 0 fully saturated rings. The summed E-state index contributed by atoms with van der Waals surface area (Å²) in [6.07, 6.45) is 2.66. The fraction of sp³-hybridized carbons (Fsp3) is 0.312. The highest BCUT2D eigenvalue weighted by atomic mass is 16.6. The van der Waals surface area contributed by atoms with Gasteiger partial charge in [-0.1, -0.05) is 0 Å². The van der Waals surface area contributed by atoms with E-state index in [1.54, 1.807) is 12.1 Å². The molecule has 0 saturated carbocycles. The van der Waals surface area contributed by atoms with Gasteiger partial charge in [0.1, 0.15) is 13.2 Å². The van der Waals surface area contributed by atoms with Crippen LogP contribution in [0.3, 0.4) is 0 Å². The lowest BCUT2D eigenvalue weighted by molar-refractivity contribution is -0.144. The first-order valence-electron chi connectivity index (χ1n) is 7.37. The lowest BCUT2D eigenvalue weighted by atomic mass is 10.1. The van der Waals surface area contributed by atoms with E-state index in [4.69, 9.17) is 18.9 Å². The fourth-order valence-corrected chi connectivity index (χ4v) is 1.93. The summed E-state index contributed by atoms with van der Waals surface area (Å²) in [5.41, 5.74) is 4.79. The molecule has 0 spiro atoms. The Bertz CT molecular complexity index is 683. The van der Waals surface area contributed by atoms with E-state index in [9.17, 15) is 14.4 Å². The lowest BCUT2D eigenvalue weighted by Gasteiger charge is -2.20. The Morgan fingerprint density at radius 3 is 2.68 bits per heavy atom. The highest BCUT2D eigenvalue weighted by Crippen LogP contribution is 2.40. The second-order valence-electron chi connectivity index (χ2n) is 4.92. The van der Waals surface area contributed by atoms with Crippen molar-refractivity contribution in [2.24, 2.45) is 0 Å². The van der Waals surface area contributed by atoms with Crippen LogP contribution in [0, 0.1) is 0 Å². The van der Waals surface area contributed by atoms with Gasteiger partial charge in [0.2, 0.25) is 11.7 Å². The molecule has 1 aliphatic heterocycles. The summed E-state index contributed by atoms with van der Waals surface area (Å²) in [5.74, 6) is -0.284. The van der Waals surface area contributed by atoms with Crippen LogP contribution in [0.4, 0.5) is 0 Å². The second-order valence-corrected chi connectivity index (χ2v) is 4.92. The van der Waals surface area contributed by atoms with Crippen LogP contribution in [0.25, 0.3) is 6.08 Å². The number of amides is 2. The van der Waals surface area contributed by atoms with E-state index in [0.717, 1.165) is 6.08 Å². The minimum absolute atomic E-state index is 0.425. The van der Waals surface area contributed by atoms with E-state index in [-0.39, 0.29) is 0 Å². The number of hydrogen-bond acceptors (Lipinski definition) is 7. The molecule has 9 heteroatoms. The zero-order valence-corrected chi connectivity index (χ0v) is 13.8. The van der Waals surface area contributed by atoms with Crippen molar-refractivity contribution in [2.75, 3.05) is 26.9 Å². The molecule has 2 N–H and O–H groups in total. The molecular weight excluding hydrogens is 332 g/mol. The van der Waals surface area contributed by atoms with Crippen LogP contribution in [0.5, 0.6) is 17.2 Å². The van der Waals surface area contributed by atoms with Crippen molar-refractivity contribution in [3.8, 4) is 17.2 Å². The first kappa shape index (κ1) is 18.1. The van der Waals surface area contributed by atoms with Gasteiger partial charge in [-0.15, -0.1) is 0 Å². The number of carbonyl (C=O) groups is 3. The van der Waals surface area contributed by atoms with Crippen LogP contribution in [-0.4, -0.2) is 44.7 Å². The molecule has 2 rings (SSSR count). The molecule has 0 atom stereocenters. The molecule has 134 valence electrons. The van der Waals surface area contributed by atoms with Gasteiger partial charge in [-0.05, 0) is 23.8 Å². The van der Waals surface area contributed by atoms with Gasteiger partial charge >= 0.3 is 5.97 Å². The molecule has 1 aromatic rings. The Morgan fingerprint density at radius 1 is 1.20 bits per heavy atom. The normalized spacial score (nSPS) is 12.4. The van der Waals surface area contributed by atoms with Gasteiger partial charge in [-0.2, -0.15) is 0 Å². The second kappa shape index (κ2) is 8.57. The van der Waals surface area contributed by atoms with Crippen LogP contribution in [0.15, 0.2) is 18.2 Å². The third kappa shape index (κ3) is 5.41. The summed E-state index contributed by atoms with van der Waals surface area (Å²) >= 11 is 0. The minimum Gasteiger partial charge on any atom is -0.493 e. The van der Waals surface area contributed by atoms with E-state index in [2.05, 4.69) is 10.9 Å². The maximum atomic E-state index is 11.6. The fourth-order valence-electron chi connectivity index (χ4n) is 1.93. The van der Waals surface area contributed by atoms with Gasteiger partial charge in [0.15, 0.2) is 18.1 Å². The number of nitrogens with one attached hydrogen (secondary N) is 2. The van der Waals surface area contributed by atoms with E-state index in [1.807, 2.05) is 0 Å². The standard InChI is InChI=1S/C16H18N2O7/c1-10(19)17-18-14(20)9-25-15(21)4-3-11-7-12(22-2)16-13(8-11)23-5-6-24-16/h3-4,7-8H,5-6,9H2,1-2H3,(H,17,19)(H,18,20)/b4-3+. The Balaban J connectivity index is 1.93. The minimum atomic E-state index is -0.716. The van der Waals surface area contributed by atoms with Crippen molar-refractivity contribution in [1.82, 2.24) is 10.9 Å². The number of methoxy groups -OCH3 is 1. The quantitative estimate of drug-likeness (QED) is 0.443. The Kier molecular flexibility index (Phi) is 6.21. The highest BCUT2D eigenvalue weighted by molar-refractivity contribution is 5.89. The summed E-state index contributed by atoms with van der Waals surface area (Å²) in [5, 5.41) is 0. The van der Waals surface area contributed by atoms with Crippen molar-refractivity contribution >= 4 is 23.9 Å². The number of rotatable bonds is 5. The Hall–Kier alpha value is -3.23. The van der Waals surface area contributed by atoms with Crippen LogP contribution < -0.4 is 25.1 Å². The van der Waals surface area contributed by atoms with Gasteiger partial charge in [0.05, 0.1) is 7.11 Å². The van der Waals surface area contributed by atoms with Crippen molar-refractivity contribution < 1.29 is 33.3 Å². The molecule has 9 nitrogen and oxygen atoms in total.